The van der Waals surface area contributed by atoms with Gasteiger partial charge in [0, 0.05) is 45.3 Å². The molecule has 2 fully saturated rings. The lowest BCUT2D eigenvalue weighted by molar-refractivity contribution is -0.133. The summed E-state index contributed by atoms with van der Waals surface area (Å²) in [6, 6.07) is 2.52. The number of amides is 2. The molecule has 1 atom stereocenters. The third kappa shape index (κ3) is 5.96. The van der Waals surface area contributed by atoms with Crippen LogP contribution in [-0.4, -0.2) is 78.4 Å². The molecule has 1 N–H and O–H groups in total. The minimum absolute atomic E-state index is 0.150. The Hall–Kier alpha value is -2.06. The van der Waals surface area contributed by atoms with E-state index in [9.17, 15) is 18.4 Å². The number of likely N-dealkylation sites (tertiary alicyclic amines) is 1. The molecular formula is C21H30F2N4O2. The standard InChI is InChI=1S/C21H30F2N4O2/c1-16(21(29)24-19-14-17(22)6-7-18(19)23)26-12-10-25(11-13-26)15-20(28)27-8-4-2-3-5-9-27/h6-7,14,16H,2-5,8-13,15H2,1H3,(H,24,29)/t16-/m0/s1. The molecule has 0 unspecified atom stereocenters. The lowest BCUT2D eigenvalue weighted by Crippen LogP contribution is -2.54. The largest absolute Gasteiger partial charge is 0.342 e. The Morgan fingerprint density at radius 2 is 1.66 bits per heavy atom. The van der Waals surface area contributed by atoms with E-state index in [1.165, 1.54) is 12.8 Å². The average molecular weight is 408 g/mol. The quantitative estimate of drug-likeness (QED) is 0.813. The molecule has 3 rings (SSSR count). The lowest BCUT2D eigenvalue weighted by Gasteiger charge is -2.37. The second kappa shape index (κ2) is 10.1. The van der Waals surface area contributed by atoms with Crippen molar-refractivity contribution in [2.75, 3.05) is 51.1 Å². The number of carbonyl (C=O) groups excluding carboxylic acids is 2. The zero-order valence-electron chi connectivity index (χ0n) is 17.0. The second-order valence-electron chi connectivity index (χ2n) is 7.90. The van der Waals surface area contributed by atoms with Crippen molar-refractivity contribution >= 4 is 17.5 Å². The molecule has 2 aliphatic rings. The molecule has 0 radical (unpaired) electrons. The van der Waals surface area contributed by atoms with E-state index >= 15 is 0 Å². The molecule has 160 valence electrons. The summed E-state index contributed by atoms with van der Waals surface area (Å²) >= 11 is 0. The predicted octanol–water partition coefficient (Wildman–Crippen LogP) is 2.31. The zero-order chi connectivity index (χ0) is 20.8. The van der Waals surface area contributed by atoms with Gasteiger partial charge in [0.2, 0.25) is 11.8 Å². The van der Waals surface area contributed by atoms with Crippen molar-refractivity contribution < 1.29 is 18.4 Å². The summed E-state index contributed by atoms with van der Waals surface area (Å²) in [5, 5.41) is 2.47. The normalized spacial score (nSPS) is 20.2. The van der Waals surface area contributed by atoms with Crippen LogP contribution in [0, 0.1) is 11.6 Å². The third-order valence-corrected chi connectivity index (χ3v) is 5.84. The van der Waals surface area contributed by atoms with Crippen molar-refractivity contribution in [2.45, 2.75) is 38.6 Å². The number of rotatable bonds is 5. The van der Waals surface area contributed by atoms with Gasteiger partial charge in [-0.25, -0.2) is 8.78 Å². The minimum Gasteiger partial charge on any atom is -0.342 e. The maximum Gasteiger partial charge on any atom is 0.241 e. The molecule has 8 heteroatoms. The molecule has 1 aromatic carbocycles. The van der Waals surface area contributed by atoms with E-state index in [1.54, 1.807) is 6.92 Å². The molecule has 2 aliphatic heterocycles. The first-order valence-electron chi connectivity index (χ1n) is 10.4. The Morgan fingerprint density at radius 1 is 1.00 bits per heavy atom. The lowest BCUT2D eigenvalue weighted by atomic mass is 10.2. The fourth-order valence-electron chi connectivity index (χ4n) is 3.92. The molecule has 6 nitrogen and oxygen atoms in total. The number of benzene rings is 1. The van der Waals surface area contributed by atoms with Crippen LogP contribution in [0.5, 0.6) is 0 Å². The van der Waals surface area contributed by atoms with E-state index in [1.807, 2.05) is 9.80 Å². The van der Waals surface area contributed by atoms with E-state index in [-0.39, 0.29) is 17.5 Å². The fourth-order valence-corrected chi connectivity index (χ4v) is 3.92. The van der Waals surface area contributed by atoms with E-state index in [4.69, 9.17) is 0 Å². The summed E-state index contributed by atoms with van der Waals surface area (Å²) in [4.78, 5) is 31.1. The molecule has 0 aliphatic carbocycles. The number of nitrogens with zero attached hydrogens (tertiary/aromatic N) is 3. The highest BCUT2D eigenvalue weighted by molar-refractivity contribution is 5.94. The zero-order valence-corrected chi connectivity index (χ0v) is 17.0. The first-order chi connectivity index (χ1) is 13.9. The molecule has 0 aromatic heterocycles. The van der Waals surface area contributed by atoms with Gasteiger partial charge in [-0.2, -0.15) is 0 Å². The Labute approximate surface area is 170 Å². The van der Waals surface area contributed by atoms with Gasteiger partial charge in [-0.15, -0.1) is 0 Å². The van der Waals surface area contributed by atoms with Crippen LogP contribution in [0.4, 0.5) is 14.5 Å². The van der Waals surface area contributed by atoms with Crippen LogP contribution in [0.25, 0.3) is 0 Å². The summed E-state index contributed by atoms with van der Waals surface area (Å²) in [6.45, 7) is 6.57. The molecular weight excluding hydrogens is 378 g/mol. The van der Waals surface area contributed by atoms with Crippen molar-refractivity contribution in [3.8, 4) is 0 Å². The Kier molecular flexibility index (Phi) is 7.55. The third-order valence-electron chi connectivity index (χ3n) is 5.84. The number of carbonyl (C=O) groups is 2. The number of anilines is 1. The monoisotopic (exact) mass is 408 g/mol. The molecule has 0 spiro atoms. The minimum atomic E-state index is -0.663. The Bertz CT molecular complexity index is 715. The summed E-state index contributed by atoms with van der Waals surface area (Å²) in [6.07, 6.45) is 4.56. The molecule has 2 heterocycles. The second-order valence-corrected chi connectivity index (χ2v) is 7.90. The molecule has 2 saturated heterocycles. The summed E-state index contributed by atoms with van der Waals surface area (Å²) < 4.78 is 27.0. The van der Waals surface area contributed by atoms with Crippen LogP contribution in [0.3, 0.4) is 0 Å². The summed E-state index contributed by atoms with van der Waals surface area (Å²) in [5.74, 6) is -1.45. The highest BCUT2D eigenvalue weighted by Crippen LogP contribution is 2.17. The first-order valence-corrected chi connectivity index (χ1v) is 10.4. The van der Waals surface area contributed by atoms with Gasteiger partial charge in [0.25, 0.3) is 0 Å². The molecule has 0 bridgehead atoms. The van der Waals surface area contributed by atoms with Gasteiger partial charge in [-0.1, -0.05) is 12.8 Å². The van der Waals surface area contributed by atoms with E-state index < -0.39 is 17.7 Å². The van der Waals surface area contributed by atoms with Gasteiger partial charge in [0.1, 0.15) is 11.6 Å². The van der Waals surface area contributed by atoms with Crippen molar-refractivity contribution in [1.82, 2.24) is 14.7 Å². The van der Waals surface area contributed by atoms with Gasteiger partial charge in [0.05, 0.1) is 18.3 Å². The summed E-state index contributed by atoms with van der Waals surface area (Å²) in [7, 11) is 0. The maximum atomic E-state index is 13.7. The van der Waals surface area contributed by atoms with Crippen LogP contribution in [0.15, 0.2) is 18.2 Å². The number of hydrogen-bond acceptors (Lipinski definition) is 4. The van der Waals surface area contributed by atoms with E-state index in [2.05, 4.69) is 10.2 Å². The topological polar surface area (TPSA) is 55.9 Å². The van der Waals surface area contributed by atoms with Gasteiger partial charge in [-0.05, 0) is 31.9 Å². The van der Waals surface area contributed by atoms with Crippen LogP contribution >= 0.6 is 0 Å². The van der Waals surface area contributed by atoms with Crippen molar-refractivity contribution in [2.24, 2.45) is 0 Å². The number of nitrogens with one attached hydrogen (secondary N) is 1. The average Bonchev–Trinajstić information content (AvgIpc) is 3.00. The Morgan fingerprint density at radius 3 is 2.31 bits per heavy atom. The first kappa shape index (κ1) is 21.6. The predicted molar refractivity (Wildman–Crippen MR) is 108 cm³/mol. The highest BCUT2D eigenvalue weighted by Gasteiger charge is 2.27. The number of halogens is 2. The van der Waals surface area contributed by atoms with Gasteiger partial charge >= 0.3 is 0 Å². The van der Waals surface area contributed by atoms with Crippen molar-refractivity contribution in [1.29, 1.82) is 0 Å². The van der Waals surface area contributed by atoms with E-state index in [0.717, 1.165) is 44.1 Å². The smallest absolute Gasteiger partial charge is 0.241 e. The van der Waals surface area contributed by atoms with E-state index in [0.29, 0.717) is 32.7 Å². The van der Waals surface area contributed by atoms with Crippen LogP contribution in [0.1, 0.15) is 32.6 Å². The van der Waals surface area contributed by atoms with Crippen molar-refractivity contribution in [3.63, 3.8) is 0 Å². The molecule has 29 heavy (non-hydrogen) atoms. The van der Waals surface area contributed by atoms with Gasteiger partial charge in [0.15, 0.2) is 0 Å². The van der Waals surface area contributed by atoms with Gasteiger partial charge < -0.3 is 10.2 Å². The molecule has 0 saturated carbocycles. The Balaban J connectivity index is 1.46. The number of piperazine rings is 1. The van der Waals surface area contributed by atoms with Crippen LogP contribution in [0.2, 0.25) is 0 Å². The summed E-state index contributed by atoms with van der Waals surface area (Å²) in [5.41, 5.74) is -0.150. The van der Waals surface area contributed by atoms with Crippen LogP contribution in [-0.2, 0) is 9.59 Å². The molecule has 1 aromatic rings. The number of hydrogen-bond donors (Lipinski definition) is 1. The highest BCUT2D eigenvalue weighted by atomic mass is 19.1. The van der Waals surface area contributed by atoms with Crippen LogP contribution < -0.4 is 5.32 Å². The molecule has 2 amide bonds. The van der Waals surface area contributed by atoms with Crippen molar-refractivity contribution in [3.05, 3.63) is 29.8 Å². The SMILES string of the molecule is C[C@@H](C(=O)Nc1cc(F)ccc1F)N1CCN(CC(=O)N2CCCCCC2)CC1. The maximum absolute atomic E-state index is 13.7. The van der Waals surface area contributed by atoms with Gasteiger partial charge in [-0.3, -0.25) is 19.4 Å². The fraction of sp³-hybridized carbons (Fsp3) is 0.619.